The van der Waals surface area contributed by atoms with E-state index in [1.165, 1.54) is 6.07 Å². The molecule has 0 amide bonds. The van der Waals surface area contributed by atoms with Gasteiger partial charge >= 0.3 is 0 Å². The number of hydrogen-bond acceptors (Lipinski definition) is 5. The van der Waals surface area contributed by atoms with Crippen LogP contribution in [0.2, 0.25) is 0 Å². The second kappa shape index (κ2) is 5.74. The van der Waals surface area contributed by atoms with Crippen molar-refractivity contribution in [2.45, 2.75) is 13.1 Å². The highest BCUT2D eigenvalue weighted by molar-refractivity contribution is 9.10. The lowest BCUT2D eigenvalue weighted by atomic mass is 10.1. The summed E-state index contributed by atoms with van der Waals surface area (Å²) in [6, 6.07) is 8.53. The minimum Gasteiger partial charge on any atom is -0.364 e. The Labute approximate surface area is 128 Å². The topological polar surface area (TPSA) is 81.1 Å². The number of benzene rings is 1. The fraction of sp³-hybridized carbons (Fsp3) is 0.154. The molecule has 6 nitrogen and oxygen atoms in total. The predicted molar refractivity (Wildman–Crippen MR) is 80.1 cm³/mol. The summed E-state index contributed by atoms with van der Waals surface area (Å²) in [5.41, 5.74) is 7.43. The number of anilines is 1. The number of rotatable bonds is 4. The lowest BCUT2D eigenvalue weighted by molar-refractivity contribution is 0.610. The first-order valence-corrected chi connectivity index (χ1v) is 7.06. The van der Waals surface area contributed by atoms with Crippen LogP contribution in [0.4, 0.5) is 10.2 Å². The molecule has 0 atom stereocenters. The summed E-state index contributed by atoms with van der Waals surface area (Å²) in [4.78, 5) is 0. The zero-order valence-corrected chi connectivity index (χ0v) is 12.5. The number of halogens is 2. The first kappa shape index (κ1) is 13.9. The quantitative estimate of drug-likeness (QED) is 0.752. The van der Waals surface area contributed by atoms with Crippen molar-refractivity contribution in [2.75, 3.05) is 5.32 Å². The first-order valence-electron chi connectivity index (χ1n) is 6.26. The van der Waals surface area contributed by atoms with Crippen molar-refractivity contribution in [3.63, 3.8) is 0 Å². The molecule has 0 aliphatic heterocycles. The summed E-state index contributed by atoms with van der Waals surface area (Å²) in [6.45, 7) is 0.652. The van der Waals surface area contributed by atoms with Gasteiger partial charge in [-0.15, -0.1) is 15.3 Å². The van der Waals surface area contributed by atoms with E-state index in [-0.39, 0.29) is 5.82 Å². The van der Waals surface area contributed by atoms with Crippen molar-refractivity contribution in [2.24, 2.45) is 5.73 Å². The molecule has 3 rings (SSSR count). The molecule has 1 aromatic carbocycles. The molecular formula is C13H12BrFN6. The maximum atomic E-state index is 13.9. The van der Waals surface area contributed by atoms with Crippen molar-refractivity contribution in [3.8, 4) is 0 Å². The van der Waals surface area contributed by atoms with Gasteiger partial charge in [0.05, 0.1) is 0 Å². The third kappa shape index (κ3) is 2.86. The summed E-state index contributed by atoms with van der Waals surface area (Å²) in [6.07, 6.45) is 0. The predicted octanol–water partition coefficient (Wildman–Crippen LogP) is 2.10. The van der Waals surface area contributed by atoms with Crippen LogP contribution in [0.5, 0.6) is 0 Å². The van der Waals surface area contributed by atoms with Gasteiger partial charge in [0.1, 0.15) is 11.6 Å². The molecule has 0 unspecified atom stereocenters. The summed E-state index contributed by atoms with van der Waals surface area (Å²) >= 11 is 3.25. The SMILES string of the molecule is NCc1ccc(CNc2ccc3nnc(Br)n3n2)c(F)c1. The molecule has 108 valence electrons. The minimum absolute atomic E-state index is 0.281. The second-order valence-corrected chi connectivity index (χ2v) is 5.15. The Morgan fingerprint density at radius 1 is 1.24 bits per heavy atom. The fourth-order valence-corrected chi connectivity index (χ4v) is 2.24. The Hall–Kier alpha value is -2.06. The summed E-state index contributed by atoms with van der Waals surface area (Å²) < 4.78 is 15.9. The van der Waals surface area contributed by atoms with Crippen LogP contribution in [0.1, 0.15) is 11.1 Å². The fourth-order valence-electron chi connectivity index (χ4n) is 1.90. The summed E-state index contributed by atoms with van der Waals surface area (Å²) in [5, 5.41) is 15.1. The van der Waals surface area contributed by atoms with Crippen LogP contribution in [-0.2, 0) is 13.1 Å². The van der Waals surface area contributed by atoms with Crippen molar-refractivity contribution in [1.82, 2.24) is 19.8 Å². The van der Waals surface area contributed by atoms with E-state index < -0.39 is 0 Å². The van der Waals surface area contributed by atoms with Gasteiger partial charge in [0.15, 0.2) is 5.65 Å². The average Bonchev–Trinajstić information content (AvgIpc) is 2.87. The monoisotopic (exact) mass is 350 g/mol. The molecule has 0 saturated heterocycles. The molecule has 0 bridgehead atoms. The van der Waals surface area contributed by atoms with Gasteiger partial charge in [-0.2, -0.15) is 4.52 Å². The Morgan fingerprint density at radius 3 is 2.86 bits per heavy atom. The van der Waals surface area contributed by atoms with Gasteiger partial charge < -0.3 is 11.1 Å². The third-order valence-corrected chi connectivity index (χ3v) is 3.53. The van der Waals surface area contributed by atoms with E-state index in [2.05, 4.69) is 36.5 Å². The number of nitrogens with zero attached hydrogens (tertiary/aromatic N) is 4. The van der Waals surface area contributed by atoms with E-state index >= 15 is 0 Å². The highest BCUT2D eigenvalue weighted by Gasteiger charge is 2.06. The second-order valence-electron chi connectivity index (χ2n) is 4.44. The van der Waals surface area contributed by atoms with Crippen LogP contribution in [0, 0.1) is 5.82 Å². The average molecular weight is 351 g/mol. The minimum atomic E-state index is -0.281. The van der Waals surface area contributed by atoms with E-state index in [1.807, 2.05) is 6.07 Å². The van der Waals surface area contributed by atoms with Crippen LogP contribution in [0.15, 0.2) is 35.1 Å². The number of fused-ring (bicyclic) bond motifs is 1. The molecule has 21 heavy (non-hydrogen) atoms. The first-order chi connectivity index (χ1) is 10.2. The molecule has 2 aromatic heterocycles. The van der Waals surface area contributed by atoms with Crippen LogP contribution >= 0.6 is 15.9 Å². The van der Waals surface area contributed by atoms with Gasteiger partial charge in [-0.05, 0) is 39.7 Å². The van der Waals surface area contributed by atoms with E-state index in [0.717, 1.165) is 5.56 Å². The molecular weight excluding hydrogens is 339 g/mol. The van der Waals surface area contributed by atoms with Gasteiger partial charge in [-0.1, -0.05) is 12.1 Å². The van der Waals surface area contributed by atoms with Crippen molar-refractivity contribution >= 4 is 27.4 Å². The Kier molecular flexibility index (Phi) is 3.80. The van der Waals surface area contributed by atoms with Crippen LogP contribution in [0.3, 0.4) is 0 Å². The number of nitrogens with one attached hydrogen (secondary N) is 1. The van der Waals surface area contributed by atoms with E-state index in [1.54, 1.807) is 22.7 Å². The largest absolute Gasteiger partial charge is 0.364 e. The van der Waals surface area contributed by atoms with Gasteiger partial charge in [0.2, 0.25) is 4.73 Å². The zero-order chi connectivity index (χ0) is 14.8. The number of aromatic nitrogens is 4. The van der Waals surface area contributed by atoms with Crippen LogP contribution in [-0.4, -0.2) is 19.8 Å². The Bertz CT molecular complexity index is 787. The third-order valence-electron chi connectivity index (χ3n) is 3.04. The molecule has 0 aliphatic carbocycles. The maximum absolute atomic E-state index is 13.9. The lowest BCUT2D eigenvalue weighted by Gasteiger charge is -2.08. The number of hydrogen-bond donors (Lipinski definition) is 2. The summed E-state index contributed by atoms with van der Waals surface area (Å²) in [7, 11) is 0. The zero-order valence-electron chi connectivity index (χ0n) is 10.9. The smallest absolute Gasteiger partial charge is 0.221 e. The van der Waals surface area contributed by atoms with Gasteiger partial charge in [-0.3, -0.25) is 0 Å². The molecule has 0 aliphatic rings. The molecule has 0 spiro atoms. The molecule has 8 heteroatoms. The highest BCUT2D eigenvalue weighted by atomic mass is 79.9. The molecule has 3 N–H and O–H groups in total. The Morgan fingerprint density at radius 2 is 2.10 bits per heavy atom. The van der Waals surface area contributed by atoms with Gasteiger partial charge in [-0.25, -0.2) is 4.39 Å². The van der Waals surface area contributed by atoms with Gasteiger partial charge in [0, 0.05) is 18.7 Å². The number of nitrogens with two attached hydrogens (primary N) is 1. The van der Waals surface area contributed by atoms with Gasteiger partial charge in [0.25, 0.3) is 0 Å². The molecule has 2 heterocycles. The molecule has 0 fully saturated rings. The van der Waals surface area contributed by atoms with Crippen LogP contribution < -0.4 is 11.1 Å². The molecule has 0 radical (unpaired) electrons. The van der Waals surface area contributed by atoms with E-state index in [0.29, 0.717) is 34.9 Å². The van der Waals surface area contributed by atoms with E-state index in [9.17, 15) is 4.39 Å². The van der Waals surface area contributed by atoms with Crippen molar-refractivity contribution in [1.29, 1.82) is 0 Å². The van der Waals surface area contributed by atoms with Crippen LogP contribution in [0.25, 0.3) is 5.65 Å². The van der Waals surface area contributed by atoms with Crippen molar-refractivity contribution < 1.29 is 4.39 Å². The molecule has 0 saturated carbocycles. The summed E-state index contributed by atoms with van der Waals surface area (Å²) in [5.74, 6) is 0.322. The van der Waals surface area contributed by atoms with Crippen molar-refractivity contribution in [3.05, 3.63) is 52.0 Å². The molecule has 3 aromatic rings. The highest BCUT2D eigenvalue weighted by Crippen LogP contribution is 2.14. The van der Waals surface area contributed by atoms with E-state index in [4.69, 9.17) is 5.73 Å². The maximum Gasteiger partial charge on any atom is 0.221 e. The lowest BCUT2D eigenvalue weighted by Crippen LogP contribution is -2.06. The standard InChI is InChI=1S/C13H12BrFN6/c14-13-19-18-12-4-3-11(20-21(12)13)17-7-9-2-1-8(6-16)5-10(9)15/h1-5H,6-7,16H2,(H,17,20). The Balaban J connectivity index is 1.78. The normalized spacial score (nSPS) is 11.0.